The molecule has 2 heterocycles. The third-order valence-corrected chi connectivity index (χ3v) is 2.75. The maximum absolute atomic E-state index is 5.05. The van der Waals surface area contributed by atoms with E-state index in [-0.39, 0.29) is 0 Å². The van der Waals surface area contributed by atoms with E-state index >= 15 is 0 Å². The fourth-order valence-electron chi connectivity index (χ4n) is 1.83. The molecule has 94 valence electrons. The minimum atomic E-state index is 0.574. The molecule has 0 N–H and O–H groups in total. The average Bonchev–Trinajstić information content (AvgIpc) is 2.98. The zero-order chi connectivity index (χ0) is 13.1. The van der Waals surface area contributed by atoms with Crippen LogP contribution >= 0.6 is 0 Å². The smallest absolute Gasteiger partial charge is 0.213 e. The van der Waals surface area contributed by atoms with Gasteiger partial charge in [-0.05, 0) is 6.07 Å². The summed E-state index contributed by atoms with van der Waals surface area (Å²) in [5.41, 5.74) is 1.85. The molecule has 0 bridgehead atoms. The van der Waals surface area contributed by atoms with E-state index in [0.29, 0.717) is 5.88 Å². The van der Waals surface area contributed by atoms with Crippen molar-refractivity contribution in [2.45, 2.75) is 0 Å². The Morgan fingerprint density at radius 1 is 1.00 bits per heavy atom. The largest absolute Gasteiger partial charge is 0.481 e. The Morgan fingerprint density at radius 3 is 2.53 bits per heavy atom. The summed E-state index contributed by atoms with van der Waals surface area (Å²) in [7, 11) is 1.59. The van der Waals surface area contributed by atoms with Gasteiger partial charge in [0.05, 0.1) is 19.0 Å². The van der Waals surface area contributed by atoms with Crippen LogP contribution < -0.4 is 4.74 Å². The van der Waals surface area contributed by atoms with E-state index in [1.807, 2.05) is 36.4 Å². The predicted molar refractivity (Wildman–Crippen MR) is 71.1 cm³/mol. The van der Waals surface area contributed by atoms with Crippen molar-refractivity contribution in [3.8, 4) is 23.0 Å². The molecule has 0 aliphatic heterocycles. The van der Waals surface area contributed by atoms with Gasteiger partial charge in [-0.15, -0.1) is 0 Å². The zero-order valence-corrected chi connectivity index (χ0v) is 10.4. The van der Waals surface area contributed by atoms with Gasteiger partial charge in [-0.25, -0.2) is 14.6 Å². The maximum Gasteiger partial charge on any atom is 0.213 e. The van der Waals surface area contributed by atoms with Gasteiger partial charge < -0.3 is 4.74 Å². The second-order valence-electron chi connectivity index (χ2n) is 3.92. The first kappa shape index (κ1) is 11.4. The van der Waals surface area contributed by atoms with E-state index in [1.165, 1.54) is 6.33 Å². The topological polar surface area (TPSA) is 52.8 Å². The Balaban J connectivity index is 2.04. The van der Waals surface area contributed by atoms with Gasteiger partial charge in [0, 0.05) is 11.6 Å². The summed E-state index contributed by atoms with van der Waals surface area (Å²) >= 11 is 0. The lowest BCUT2D eigenvalue weighted by Gasteiger charge is -2.06. The standard InChI is InChI=1S/C14H12N4O/c1-19-13-8-7-12(9-15-13)18-14(16-10-17-18)11-5-3-2-4-6-11/h2-10H,1H3. The van der Waals surface area contributed by atoms with Gasteiger partial charge in [-0.1, -0.05) is 30.3 Å². The fraction of sp³-hybridized carbons (Fsp3) is 0.0714. The molecule has 2 aromatic heterocycles. The maximum atomic E-state index is 5.05. The van der Waals surface area contributed by atoms with Crippen molar-refractivity contribution in [1.29, 1.82) is 0 Å². The van der Waals surface area contributed by atoms with Crippen LogP contribution in [0.4, 0.5) is 0 Å². The lowest BCUT2D eigenvalue weighted by Crippen LogP contribution is -2.00. The number of pyridine rings is 1. The Hall–Kier alpha value is -2.69. The SMILES string of the molecule is COc1ccc(-n2ncnc2-c2ccccc2)cn1. The molecular formula is C14H12N4O. The molecule has 0 aliphatic rings. The number of rotatable bonds is 3. The van der Waals surface area contributed by atoms with Crippen molar-refractivity contribution in [3.05, 3.63) is 55.0 Å². The van der Waals surface area contributed by atoms with Crippen molar-refractivity contribution in [3.63, 3.8) is 0 Å². The summed E-state index contributed by atoms with van der Waals surface area (Å²) in [5, 5.41) is 4.24. The first-order valence-electron chi connectivity index (χ1n) is 5.84. The monoisotopic (exact) mass is 252 g/mol. The predicted octanol–water partition coefficient (Wildman–Crippen LogP) is 2.34. The van der Waals surface area contributed by atoms with E-state index < -0.39 is 0 Å². The first-order chi connectivity index (χ1) is 9.38. The van der Waals surface area contributed by atoms with Crippen molar-refractivity contribution in [2.24, 2.45) is 0 Å². The van der Waals surface area contributed by atoms with Crippen molar-refractivity contribution in [1.82, 2.24) is 19.7 Å². The molecule has 1 aromatic carbocycles. The van der Waals surface area contributed by atoms with E-state index in [0.717, 1.165) is 17.1 Å². The highest BCUT2D eigenvalue weighted by atomic mass is 16.5. The number of aromatic nitrogens is 4. The highest BCUT2D eigenvalue weighted by Crippen LogP contribution is 2.19. The van der Waals surface area contributed by atoms with Crippen LogP contribution in [0.1, 0.15) is 0 Å². The van der Waals surface area contributed by atoms with Crippen molar-refractivity contribution >= 4 is 0 Å². The second-order valence-corrected chi connectivity index (χ2v) is 3.92. The van der Waals surface area contributed by atoms with E-state index in [1.54, 1.807) is 24.1 Å². The molecule has 0 atom stereocenters. The Morgan fingerprint density at radius 2 is 1.84 bits per heavy atom. The molecule has 5 nitrogen and oxygen atoms in total. The lowest BCUT2D eigenvalue weighted by atomic mass is 10.2. The number of methoxy groups -OCH3 is 1. The molecule has 0 spiro atoms. The van der Waals surface area contributed by atoms with Gasteiger partial charge in [0.2, 0.25) is 5.88 Å². The zero-order valence-electron chi connectivity index (χ0n) is 10.4. The average molecular weight is 252 g/mol. The van der Waals surface area contributed by atoms with Crippen LogP contribution in [-0.4, -0.2) is 26.9 Å². The molecule has 0 saturated carbocycles. The quantitative estimate of drug-likeness (QED) is 0.718. The highest BCUT2D eigenvalue weighted by molar-refractivity contribution is 5.57. The van der Waals surface area contributed by atoms with Crippen molar-refractivity contribution in [2.75, 3.05) is 7.11 Å². The van der Waals surface area contributed by atoms with Crippen LogP contribution in [0.15, 0.2) is 55.0 Å². The molecule has 0 fully saturated rings. The summed E-state index contributed by atoms with van der Waals surface area (Å²) in [6.45, 7) is 0. The lowest BCUT2D eigenvalue weighted by molar-refractivity contribution is 0.397. The fourth-order valence-corrected chi connectivity index (χ4v) is 1.83. The summed E-state index contributed by atoms with van der Waals surface area (Å²) in [6.07, 6.45) is 3.24. The van der Waals surface area contributed by atoms with Gasteiger partial charge in [0.1, 0.15) is 6.33 Å². The minimum Gasteiger partial charge on any atom is -0.481 e. The van der Waals surface area contributed by atoms with Crippen LogP contribution in [0.3, 0.4) is 0 Å². The molecule has 0 unspecified atom stereocenters. The molecule has 3 aromatic rings. The van der Waals surface area contributed by atoms with Crippen LogP contribution in [-0.2, 0) is 0 Å². The normalized spacial score (nSPS) is 10.4. The number of benzene rings is 1. The molecule has 19 heavy (non-hydrogen) atoms. The van der Waals surface area contributed by atoms with Gasteiger partial charge in [0.15, 0.2) is 5.82 Å². The molecule has 0 aliphatic carbocycles. The Bertz CT molecular complexity index is 661. The van der Waals surface area contributed by atoms with Gasteiger partial charge in [-0.2, -0.15) is 5.10 Å². The Labute approximate surface area is 110 Å². The summed E-state index contributed by atoms with van der Waals surface area (Å²) in [5.74, 6) is 1.36. The third kappa shape index (κ3) is 2.18. The van der Waals surface area contributed by atoms with E-state index in [4.69, 9.17) is 4.74 Å². The number of ether oxygens (including phenoxy) is 1. The van der Waals surface area contributed by atoms with Crippen LogP contribution in [0.2, 0.25) is 0 Å². The number of hydrogen-bond donors (Lipinski definition) is 0. The van der Waals surface area contributed by atoms with E-state index in [9.17, 15) is 0 Å². The summed E-state index contributed by atoms with van der Waals surface area (Å²) in [6, 6.07) is 13.6. The third-order valence-electron chi connectivity index (χ3n) is 2.75. The van der Waals surface area contributed by atoms with E-state index in [2.05, 4.69) is 15.1 Å². The minimum absolute atomic E-state index is 0.574. The van der Waals surface area contributed by atoms with Crippen molar-refractivity contribution < 1.29 is 4.74 Å². The number of hydrogen-bond acceptors (Lipinski definition) is 4. The summed E-state index contributed by atoms with van der Waals surface area (Å²) in [4.78, 5) is 8.48. The van der Waals surface area contributed by atoms with Crippen LogP contribution in [0.5, 0.6) is 5.88 Å². The molecule has 0 radical (unpaired) electrons. The van der Waals surface area contributed by atoms with Gasteiger partial charge in [-0.3, -0.25) is 0 Å². The highest BCUT2D eigenvalue weighted by Gasteiger charge is 2.09. The second kappa shape index (κ2) is 4.89. The molecule has 5 heteroatoms. The van der Waals surface area contributed by atoms with Crippen LogP contribution in [0, 0.1) is 0 Å². The number of nitrogens with zero attached hydrogens (tertiary/aromatic N) is 4. The first-order valence-corrected chi connectivity index (χ1v) is 5.84. The Kier molecular flexibility index (Phi) is 2.94. The molecule has 3 rings (SSSR count). The van der Waals surface area contributed by atoms with Crippen LogP contribution in [0.25, 0.3) is 17.1 Å². The summed E-state index contributed by atoms with van der Waals surface area (Å²) < 4.78 is 6.80. The molecule has 0 saturated heterocycles. The van der Waals surface area contributed by atoms with Gasteiger partial charge >= 0.3 is 0 Å². The molecule has 0 amide bonds. The van der Waals surface area contributed by atoms with Gasteiger partial charge in [0.25, 0.3) is 0 Å². The molecular weight excluding hydrogens is 240 g/mol.